The largest absolute Gasteiger partial charge is 0.383 e. The number of urea groups is 1. The van der Waals surface area contributed by atoms with E-state index in [-0.39, 0.29) is 18.5 Å². The van der Waals surface area contributed by atoms with Crippen LogP contribution in [0.2, 0.25) is 0 Å². The highest BCUT2D eigenvalue weighted by atomic mass is 16.5. The van der Waals surface area contributed by atoms with E-state index in [1.165, 1.54) is 16.0 Å². The highest BCUT2D eigenvalue weighted by Gasteiger charge is 2.55. The second kappa shape index (κ2) is 6.88. The van der Waals surface area contributed by atoms with Gasteiger partial charge in [-0.2, -0.15) is 0 Å². The molecule has 3 aliphatic heterocycles. The Morgan fingerprint density at radius 1 is 1.07 bits per heavy atom. The second-order valence-electron chi connectivity index (χ2n) is 7.81. The predicted molar refractivity (Wildman–Crippen MR) is 110 cm³/mol. The van der Waals surface area contributed by atoms with Crippen LogP contribution >= 0.6 is 0 Å². The molecule has 1 saturated heterocycles. The summed E-state index contributed by atoms with van der Waals surface area (Å²) in [5.41, 5.74) is 5.41. The topological polar surface area (TPSA) is 68.7 Å². The minimum Gasteiger partial charge on any atom is -0.383 e. The summed E-state index contributed by atoms with van der Waals surface area (Å²) < 4.78 is 5.08. The molecule has 0 aromatic heterocycles. The zero-order valence-corrected chi connectivity index (χ0v) is 17.8. The lowest BCUT2D eigenvalue weighted by molar-refractivity contribution is -0.137. The number of rotatable bonds is 4. The van der Waals surface area contributed by atoms with Gasteiger partial charge in [0.2, 0.25) is 5.96 Å². The predicted octanol–water partition coefficient (Wildman–Crippen LogP) is 2.28. The van der Waals surface area contributed by atoms with Crippen LogP contribution in [0.3, 0.4) is 0 Å². The van der Waals surface area contributed by atoms with Gasteiger partial charge in [0.15, 0.2) is 12.2 Å². The molecule has 2 unspecified atom stereocenters. The molecule has 29 heavy (non-hydrogen) atoms. The van der Waals surface area contributed by atoms with Crippen molar-refractivity contribution in [2.24, 2.45) is 4.99 Å². The summed E-state index contributed by atoms with van der Waals surface area (Å²) in [7, 11) is 3.26. The minimum atomic E-state index is -0.559. The minimum absolute atomic E-state index is 0.230. The lowest BCUT2D eigenvalue weighted by Crippen LogP contribution is -2.65. The van der Waals surface area contributed by atoms with E-state index in [4.69, 9.17) is 9.73 Å². The summed E-state index contributed by atoms with van der Waals surface area (Å²) in [6.45, 7) is 8.73. The van der Waals surface area contributed by atoms with Crippen LogP contribution in [-0.2, 0) is 9.53 Å². The van der Waals surface area contributed by atoms with Gasteiger partial charge in [0.1, 0.15) is 0 Å². The summed E-state index contributed by atoms with van der Waals surface area (Å²) >= 11 is 0. The zero-order chi connectivity index (χ0) is 21.0. The molecular weight excluding hydrogens is 370 g/mol. The molecule has 3 heterocycles. The number of carbonyl (C=O) groups is 2. The zero-order valence-electron chi connectivity index (χ0n) is 17.8. The van der Waals surface area contributed by atoms with Crippen molar-refractivity contribution in [3.8, 4) is 0 Å². The van der Waals surface area contributed by atoms with Crippen molar-refractivity contribution in [1.82, 2.24) is 14.7 Å². The van der Waals surface area contributed by atoms with Gasteiger partial charge in [-0.1, -0.05) is 6.07 Å². The standard InChI is InChI=1S/C21H27N5O3/c1-12-7-8-16(11-13(12)2)25-14(3)15(4)26-17-18(22-20(25)26)23(5)21(28)24(19(17)27)9-10-29-6/h7-8,11,17-18H,9-10H2,1-6H3. The van der Waals surface area contributed by atoms with Crippen LogP contribution in [0.5, 0.6) is 0 Å². The Bertz CT molecular complexity index is 954. The average Bonchev–Trinajstić information content (AvgIpc) is 3.18. The Morgan fingerprint density at radius 2 is 1.79 bits per heavy atom. The van der Waals surface area contributed by atoms with E-state index in [9.17, 15) is 9.59 Å². The number of amides is 3. The summed E-state index contributed by atoms with van der Waals surface area (Å²) in [6.07, 6.45) is -0.541. The molecule has 154 valence electrons. The Hall–Kier alpha value is -2.87. The Kier molecular flexibility index (Phi) is 4.61. The molecule has 8 heteroatoms. The van der Waals surface area contributed by atoms with Crippen molar-refractivity contribution in [2.75, 3.05) is 32.2 Å². The Balaban J connectivity index is 1.75. The van der Waals surface area contributed by atoms with E-state index in [1.54, 1.807) is 19.1 Å². The van der Waals surface area contributed by atoms with Crippen molar-refractivity contribution < 1.29 is 14.3 Å². The van der Waals surface area contributed by atoms with E-state index in [0.717, 1.165) is 17.1 Å². The molecule has 3 aliphatic rings. The van der Waals surface area contributed by atoms with Gasteiger partial charge in [0.25, 0.3) is 5.91 Å². The summed E-state index contributed by atoms with van der Waals surface area (Å²) in [4.78, 5) is 37.7. The van der Waals surface area contributed by atoms with Crippen molar-refractivity contribution in [3.63, 3.8) is 0 Å². The van der Waals surface area contributed by atoms with Gasteiger partial charge in [-0.05, 0) is 51.0 Å². The fourth-order valence-corrected chi connectivity index (χ4v) is 4.18. The van der Waals surface area contributed by atoms with Crippen LogP contribution in [0.25, 0.3) is 0 Å². The van der Waals surface area contributed by atoms with Crippen molar-refractivity contribution in [1.29, 1.82) is 0 Å². The number of imide groups is 1. The maximum atomic E-state index is 13.3. The van der Waals surface area contributed by atoms with Gasteiger partial charge in [-0.15, -0.1) is 0 Å². The number of carbonyl (C=O) groups excluding carboxylic acids is 2. The number of anilines is 1. The van der Waals surface area contributed by atoms with Gasteiger partial charge in [0.05, 0.1) is 13.2 Å². The summed E-state index contributed by atoms with van der Waals surface area (Å²) in [5, 5.41) is 0. The van der Waals surface area contributed by atoms with Gasteiger partial charge in [-0.3, -0.25) is 19.5 Å². The molecule has 8 nitrogen and oxygen atoms in total. The number of methoxy groups -OCH3 is 1. The summed E-state index contributed by atoms with van der Waals surface area (Å²) in [6, 6.07) is 5.38. The monoisotopic (exact) mass is 397 g/mol. The lowest BCUT2D eigenvalue weighted by atomic mass is 10.1. The molecule has 0 bridgehead atoms. The highest BCUT2D eigenvalue weighted by Crippen LogP contribution is 2.40. The fraction of sp³-hybridized carbons (Fsp3) is 0.476. The SMILES string of the molecule is COCCN1C(=O)C2C(N=C3N(c4ccc(C)c(C)c4)C(C)=C(C)N32)N(C)C1=O. The first kappa shape index (κ1) is 19.4. The van der Waals surface area contributed by atoms with Crippen LogP contribution < -0.4 is 4.90 Å². The average molecular weight is 397 g/mol. The molecule has 0 spiro atoms. The second-order valence-corrected chi connectivity index (χ2v) is 7.81. The van der Waals surface area contributed by atoms with E-state index >= 15 is 0 Å². The number of ether oxygens (including phenoxy) is 1. The summed E-state index contributed by atoms with van der Waals surface area (Å²) in [5.74, 6) is 0.461. The normalized spacial score (nSPS) is 23.9. The first-order valence-electron chi connectivity index (χ1n) is 9.77. The number of hydrogen-bond acceptors (Lipinski definition) is 6. The van der Waals surface area contributed by atoms with Crippen LogP contribution in [0.1, 0.15) is 25.0 Å². The number of hydrogen-bond donors (Lipinski definition) is 0. The number of guanidine groups is 1. The molecule has 0 saturated carbocycles. The molecule has 0 N–H and O–H groups in total. The fourth-order valence-electron chi connectivity index (χ4n) is 4.18. The van der Waals surface area contributed by atoms with Crippen molar-refractivity contribution in [2.45, 2.75) is 39.9 Å². The molecule has 3 amide bonds. The molecule has 0 radical (unpaired) electrons. The van der Waals surface area contributed by atoms with E-state index in [1.807, 2.05) is 18.7 Å². The number of allylic oxidation sites excluding steroid dienone is 2. The third-order valence-electron chi connectivity index (χ3n) is 6.16. The molecule has 1 aromatic rings. The number of nitrogens with zero attached hydrogens (tertiary/aromatic N) is 5. The van der Waals surface area contributed by atoms with E-state index in [2.05, 4.69) is 36.9 Å². The lowest BCUT2D eigenvalue weighted by Gasteiger charge is -2.40. The van der Waals surface area contributed by atoms with Crippen LogP contribution in [0.15, 0.2) is 34.6 Å². The molecule has 2 atom stereocenters. The molecule has 4 rings (SSSR count). The van der Waals surface area contributed by atoms with Crippen molar-refractivity contribution in [3.05, 3.63) is 40.7 Å². The van der Waals surface area contributed by atoms with Crippen LogP contribution in [0.4, 0.5) is 10.5 Å². The molecule has 1 fully saturated rings. The smallest absolute Gasteiger partial charge is 0.328 e. The molecule has 0 aliphatic carbocycles. The maximum absolute atomic E-state index is 13.3. The van der Waals surface area contributed by atoms with Crippen LogP contribution in [0, 0.1) is 13.8 Å². The highest BCUT2D eigenvalue weighted by molar-refractivity contribution is 6.10. The van der Waals surface area contributed by atoms with Crippen LogP contribution in [-0.4, -0.2) is 72.1 Å². The maximum Gasteiger partial charge on any atom is 0.328 e. The third kappa shape index (κ3) is 2.73. The van der Waals surface area contributed by atoms with Gasteiger partial charge < -0.3 is 9.64 Å². The Labute approximate surface area is 171 Å². The number of benzene rings is 1. The van der Waals surface area contributed by atoms with Gasteiger partial charge in [-0.25, -0.2) is 9.79 Å². The first-order chi connectivity index (χ1) is 13.8. The van der Waals surface area contributed by atoms with E-state index < -0.39 is 12.2 Å². The molecular formula is C21H27N5O3. The quantitative estimate of drug-likeness (QED) is 0.780. The number of fused-ring (bicyclic) bond motifs is 3. The third-order valence-corrected chi connectivity index (χ3v) is 6.16. The van der Waals surface area contributed by atoms with E-state index in [0.29, 0.717) is 12.6 Å². The number of aryl methyl sites for hydroxylation is 2. The van der Waals surface area contributed by atoms with Crippen molar-refractivity contribution >= 4 is 23.6 Å². The number of aliphatic imine (C=N–C) groups is 1. The number of likely N-dealkylation sites (N-methyl/N-ethyl adjacent to an activating group) is 1. The first-order valence-corrected chi connectivity index (χ1v) is 9.77. The Morgan fingerprint density at radius 3 is 2.45 bits per heavy atom. The molecule has 1 aromatic carbocycles. The van der Waals surface area contributed by atoms with Gasteiger partial charge >= 0.3 is 6.03 Å². The van der Waals surface area contributed by atoms with Gasteiger partial charge in [0, 0.05) is 31.2 Å².